The number of hydrogen-bond acceptors (Lipinski definition) is 2. The predicted octanol–water partition coefficient (Wildman–Crippen LogP) is 5.12. The third kappa shape index (κ3) is 4.47. The zero-order valence-corrected chi connectivity index (χ0v) is 13.6. The summed E-state index contributed by atoms with van der Waals surface area (Å²) in [4.78, 5) is 0. The van der Waals surface area contributed by atoms with Gasteiger partial charge in [0.25, 0.3) is 0 Å². The largest absolute Gasteiger partial charge is 0.494 e. The van der Waals surface area contributed by atoms with Gasteiger partial charge in [-0.3, -0.25) is 0 Å². The quantitative estimate of drug-likeness (QED) is 0.707. The van der Waals surface area contributed by atoms with Crippen molar-refractivity contribution < 1.29 is 9.84 Å². The summed E-state index contributed by atoms with van der Waals surface area (Å²) in [6.07, 6.45) is 8.12. The van der Waals surface area contributed by atoms with Crippen molar-refractivity contribution in [1.29, 1.82) is 0 Å². The summed E-state index contributed by atoms with van der Waals surface area (Å²) in [5.41, 5.74) is 1.04. The molecule has 1 aliphatic rings. The Bertz CT molecular complexity index is 399. The summed E-state index contributed by atoms with van der Waals surface area (Å²) in [5, 5.41) is 10.7. The van der Waals surface area contributed by atoms with E-state index < -0.39 is 0 Å². The fourth-order valence-corrected chi connectivity index (χ4v) is 3.50. The maximum atomic E-state index is 10.7. The Labute approximate surface area is 129 Å². The zero-order valence-electron chi connectivity index (χ0n) is 13.6. The Kier molecular flexibility index (Phi) is 6.56. The van der Waals surface area contributed by atoms with Crippen LogP contribution in [0.25, 0.3) is 0 Å². The molecule has 2 heteroatoms. The number of ether oxygens (including phenoxy) is 1. The molecule has 0 radical (unpaired) electrons. The van der Waals surface area contributed by atoms with Gasteiger partial charge in [-0.05, 0) is 42.4 Å². The van der Waals surface area contributed by atoms with Gasteiger partial charge in [0.05, 0.1) is 12.7 Å². The van der Waals surface area contributed by atoms with Crippen molar-refractivity contribution >= 4 is 0 Å². The van der Waals surface area contributed by atoms with Gasteiger partial charge in [0.1, 0.15) is 5.75 Å². The van der Waals surface area contributed by atoms with E-state index in [0.29, 0.717) is 11.8 Å². The molecule has 1 saturated carbocycles. The topological polar surface area (TPSA) is 29.5 Å². The van der Waals surface area contributed by atoms with Gasteiger partial charge in [0, 0.05) is 0 Å². The highest BCUT2D eigenvalue weighted by molar-refractivity contribution is 5.29. The average molecular weight is 290 g/mol. The third-order valence-corrected chi connectivity index (χ3v) is 4.89. The molecule has 1 aromatic rings. The highest BCUT2D eigenvalue weighted by Crippen LogP contribution is 2.40. The molecular formula is C19H30O2. The van der Waals surface area contributed by atoms with E-state index in [1.165, 1.54) is 25.7 Å². The van der Waals surface area contributed by atoms with Crippen LogP contribution in [0.4, 0.5) is 0 Å². The lowest BCUT2D eigenvalue weighted by Gasteiger charge is -2.34. The molecule has 0 saturated heterocycles. The molecule has 0 bridgehead atoms. The zero-order chi connectivity index (χ0) is 15.1. The molecule has 1 aliphatic carbocycles. The van der Waals surface area contributed by atoms with Crippen molar-refractivity contribution in [2.24, 2.45) is 11.8 Å². The Morgan fingerprint density at radius 2 is 1.86 bits per heavy atom. The third-order valence-electron chi connectivity index (χ3n) is 4.89. The molecule has 0 amide bonds. The van der Waals surface area contributed by atoms with Crippen LogP contribution in [0.3, 0.4) is 0 Å². The molecule has 1 fully saturated rings. The van der Waals surface area contributed by atoms with Crippen molar-refractivity contribution in [2.45, 2.75) is 64.9 Å². The van der Waals surface area contributed by atoms with Crippen LogP contribution in [-0.4, -0.2) is 11.7 Å². The number of aliphatic hydroxyl groups is 1. The molecule has 0 aliphatic heterocycles. The first-order valence-electron chi connectivity index (χ1n) is 8.67. The fourth-order valence-electron chi connectivity index (χ4n) is 3.50. The SMILES string of the molecule is CCCCOc1ccc(C(O)C2CCCCC2CC)cc1. The van der Waals surface area contributed by atoms with Crippen molar-refractivity contribution in [3.05, 3.63) is 29.8 Å². The molecular weight excluding hydrogens is 260 g/mol. The van der Waals surface area contributed by atoms with Crippen LogP contribution in [0.2, 0.25) is 0 Å². The fraction of sp³-hybridized carbons (Fsp3) is 0.684. The number of benzene rings is 1. The van der Waals surface area contributed by atoms with Crippen LogP contribution in [0, 0.1) is 11.8 Å². The lowest BCUT2D eigenvalue weighted by Crippen LogP contribution is -2.25. The van der Waals surface area contributed by atoms with Gasteiger partial charge in [-0.15, -0.1) is 0 Å². The van der Waals surface area contributed by atoms with Crippen LogP contribution in [0.1, 0.15) is 70.5 Å². The highest BCUT2D eigenvalue weighted by atomic mass is 16.5. The van der Waals surface area contributed by atoms with Crippen LogP contribution in [0.5, 0.6) is 5.75 Å². The van der Waals surface area contributed by atoms with Gasteiger partial charge in [-0.25, -0.2) is 0 Å². The Morgan fingerprint density at radius 3 is 2.52 bits per heavy atom. The summed E-state index contributed by atoms with van der Waals surface area (Å²) in [7, 11) is 0. The van der Waals surface area contributed by atoms with Gasteiger partial charge >= 0.3 is 0 Å². The van der Waals surface area contributed by atoms with Gasteiger partial charge in [-0.2, -0.15) is 0 Å². The monoisotopic (exact) mass is 290 g/mol. The maximum absolute atomic E-state index is 10.7. The number of hydrogen-bond donors (Lipinski definition) is 1. The van der Waals surface area contributed by atoms with Crippen molar-refractivity contribution in [2.75, 3.05) is 6.61 Å². The minimum atomic E-state index is -0.319. The molecule has 2 rings (SSSR count). The summed E-state index contributed by atoms with van der Waals surface area (Å²) in [6, 6.07) is 8.07. The van der Waals surface area contributed by atoms with Crippen LogP contribution in [0.15, 0.2) is 24.3 Å². The molecule has 0 spiro atoms. The smallest absolute Gasteiger partial charge is 0.119 e. The Hall–Kier alpha value is -1.02. The average Bonchev–Trinajstić information content (AvgIpc) is 2.55. The first-order chi connectivity index (χ1) is 10.3. The lowest BCUT2D eigenvalue weighted by molar-refractivity contribution is 0.0451. The molecule has 0 heterocycles. The minimum Gasteiger partial charge on any atom is -0.494 e. The first-order valence-corrected chi connectivity index (χ1v) is 8.67. The number of unbranched alkanes of at least 4 members (excludes halogenated alkanes) is 1. The summed E-state index contributed by atoms with van der Waals surface area (Å²) >= 11 is 0. The van der Waals surface area contributed by atoms with Gasteiger partial charge in [0.2, 0.25) is 0 Å². The van der Waals surface area contributed by atoms with E-state index in [-0.39, 0.29) is 6.10 Å². The molecule has 3 unspecified atom stereocenters. The number of aliphatic hydroxyl groups excluding tert-OH is 1. The standard InChI is InChI=1S/C19H30O2/c1-3-5-14-21-17-12-10-16(11-13-17)19(20)18-9-7-6-8-15(18)4-2/h10-13,15,18-20H,3-9,14H2,1-2H3. The van der Waals surface area contributed by atoms with Crippen LogP contribution >= 0.6 is 0 Å². The van der Waals surface area contributed by atoms with Crippen LogP contribution in [-0.2, 0) is 0 Å². The van der Waals surface area contributed by atoms with E-state index in [2.05, 4.69) is 13.8 Å². The second-order valence-corrected chi connectivity index (χ2v) is 6.33. The summed E-state index contributed by atoms with van der Waals surface area (Å²) < 4.78 is 5.69. The molecule has 118 valence electrons. The minimum absolute atomic E-state index is 0.319. The highest BCUT2D eigenvalue weighted by Gasteiger charge is 2.30. The van der Waals surface area contributed by atoms with Gasteiger partial charge in [-0.1, -0.05) is 58.1 Å². The molecule has 3 atom stereocenters. The second kappa shape index (κ2) is 8.43. The first kappa shape index (κ1) is 16.4. The van der Waals surface area contributed by atoms with Crippen molar-refractivity contribution in [3.63, 3.8) is 0 Å². The van der Waals surface area contributed by atoms with Crippen LogP contribution < -0.4 is 4.74 Å². The lowest BCUT2D eigenvalue weighted by atomic mass is 9.73. The number of rotatable bonds is 7. The molecule has 2 nitrogen and oxygen atoms in total. The van der Waals surface area contributed by atoms with E-state index >= 15 is 0 Å². The van der Waals surface area contributed by atoms with Crippen molar-refractivity contribution in [1.82, 2.24) is 0 Å². The molecule has 0 aromatic heterocycles. The van der Waals surface area contributed by atoms with E-state index in [4.69, 9.17) is 4.74 Å². The van der Waals surface area contributed by atoms with Gasteiger partial charge in [0.15, 0.2) is 0 Å². The Morgan fingerprint density at radius 1 is 1.14 bits per heavy atom. The molecule has 1 aromatic carbocycles. The summed E-state index contributed by atoms with van der Waals surface area (Å²) in [6.45, 7) is 5.19. The van der Waals surface area contributed by atoms with E-state index in [1.54, 1.807) is 0 Å². The normalized spacial score (nSPS) is 23.8. The van der Waals surface area contributed by atoms with E-state index in [0.717, 1.165) is 37.2 Å². The van der Waals surface area contributed by atoms with Gasteiger partial charge < -0.3 is 9.84 Å². The molecule has 21 heavy (non-hydrogen) atoms. The second-order valence-electron chi connectivity index (χ2n) is 6.33. The van der Waals surface area contributed by atoms with Crippen molar-refractivity contribution in [3.8, 4) is 5.75 Å². The Balaban J connectivity index is 1.96. The summed E-state index contributed by atoms with van der Waals surface area (Å²) in [5.74, 6) is 2.01. The van der Waals surface area contributed by atoms with E-state index in [1.807, 2.05) is 24.3 Å². The van der Waals surface area contributed by atoms with E-state index in [9.17, 15) is 5.11 Å². The maximum Gasteiger partial charge on any atom is 0.119 e. The predicted molar refractivity (Wildman–Crippen MR) is 87.5 cm³/mol. The molecule has 1 N–H and O–H groups in total.